The highest BCUT2D eigenvalue weighted by molar-refractivity contribution is 7.79. The molecule has 0 aromatic heterocycles. The molecule has 0 spiro atoms. The predicted molar refractivity (Wildman–Crippen MR) is 155 cm³/mol. The fourth-order valence-electron chi connectivity index (χ4n) is 5.41. The zero-order valence-corrected chi connectivity index (χ0v) is 23.6. The summed E-state index contributed by atoms with van der Waals surface area (Å²) in [6.45, 7) is 2.73. The maximum atomic E-state index is 15.6. The Bertz CT molecular complexity index is 1290. The van der Waals surface area contributed by atoms with Crippen molar-refractivity contribution in [2.24, 2.45) is 0 Å². The Morgan fingerprint density at radius 3 is 1.56 bits per heavy atom. The van der Waals surface area contributed by atoms with Crippen molar-refractivity contribution >= 4 is 26.8 Å². The Kier molecular flexibility index (Phi) is 9.13. The van der Waals surface area contributed by atoms with Crippen molar-refractivity contribution in [1.29, 1.82) is 0 Å². The fraction of sp³-hybridized carbons (Fsp3) is 0.250. The van der Waals surface area contributed by atoms with E-state index in [4.69, 9.17) is 0 Å². The fourth-order valence-corrected chi connectivity index (χ4v) is 12.9. The third-order valence-corrected chi connectivity index (χ3v) is 13.8. The summed E-state index contributed by atoms with van der Waals surface area (Å²) >= 11 is 0. The molecule has 39 heavy (non-hydrogen) atoms. The number of rotatable bonds is 9. The second-order valence-electron chi connectivity index (χ2n) is 9.76. The Hall–Kier alpha value is -2.58. The van der Waals surface area contributed by atoms with Gasteiger partial charge in [-0.3, -0.25) is 4.44 Å². The molecule has 0 aliphatic carbocycles. The van der Waals surface area contributed by atoms with E-state index in [1.54, 1.807) is 0 Å². The molecule has 4 aromatic carbocycles. The van der Waals surface area contributed by atoms with Crippen LogP contribution in [0.15, 0.2) is 97.1 Å². The van der Waals surface area contributed by atoms with Gasteiger partial charge in [-0.15, -0.1) is 0 Å². The first-order chi connectivity index (χ1) is 19.0. The van der Waals surface area contributed by atoms with Gasteiger partial charge in [0.25, 0.3) is 0 Å². The lowest BCUT2D eigenvalue weighted by Gasteiger charge is -2.42. The second kappa shape index (κ2) is 12.7. The molecule has 1 aliphatic heterocycles. The number of nitrogens with zero attached hydrogens (tertiary/aromatic N) is 1. The third kappa shape index (κ3) is 6.12. The summed E-state index contributed by atoms with van der Waals surface area (Å²) in [7, 11) is -2.74. The average molecular weight is 568 g/mol. The topological polar surface area (TPSA) is 3.24 Å². The van der Waals surface area contributed by atoms with Gasteiger partial charge in [-0.1, -0.05) is 74.0 Å². The normalized spacial score (nSPS) is 17.8. The number of benzene rings is 4. The first-order valence-electron chi connectivity index (χ1n) is 13.3. The van der Waals surface area contributed by atoms with Gasteiger partial charge in [-0.25, -0.2) is 17.6 Å². The van der Waals surface area contributed by atoms with Gasteiger partial charge in [0.05, 0.1) is 0 Å². The molecule has 1 nitrogen and oxygen atoms in total. The van der Waals surface area contributed by atoms with E-state index in [1.165, 1.54) is 35.4 Å². The molecule has 1 fully saturated rings. The van der Waals surface area contributed by atoms with Gasteiger partial charge in [0, 0.05) is 48.7 Å². The van der Waals surface area contributed by atoms with E-state index in [0.717, 1.165) is 37.8 Å². The minimum absolute atomic E-state index is 0.195. The van der Waals surface area contributed by atoms with Gasteiger partial charge in [0.2, 0.25) is 0 Å². The van der Waals surface area contributed by atoms with Gasteiger partial charge in [-0.2, -0.15) is 0 Å². The Morgan fingerprint density at radius 1 is 0.692 bits per heavy atom. The molecule has 1 aliphatic rings. The van der Waals surface area contributed by atoms with Crippen LogP contribution in [-0.2, 0) is 0 Å². The quantitative estimate of drug-likeness (QED) is 0.144. The highest BCUT2D eigenvalue weighted by Gasteiger charge is 2.45. The Morgan fingerprint density at radius 2 is 1.15 bits per heavy atom. The molecule has 7 heteroatoms. The van der Waals surface area contributed by atoms with Gasteiger partial charge in [0.15, 0.2) is 0 Å². The van der Waals surface area contributed by atoms with Crippen LogP contribution in [0.3, 0.4) is 0 Å². The lowest BCUT2D eigenvalue weighted by molar-refractivity contribution is 0.584. The summed E-state index contributed by atoms with van der Waals surface area (Å²) in [5.41, 5.74) is 2.83. The van der Waals surface area contributed by atoms with E-state index in [0.29, 0.717) is 6.54 Å². The van der Waals surface area contributed by atoms with Crippen molar-refractivity contribution in [2.75, 3.05) is 6.54 Å². The third-order valence-electron chi connectivity index (χ3n) is 7.21. The molecule has 0 bridgehead atoms. The standard InChI is InChI=1S/C32H31F4NP2/c1-2-3-20-37(39(31-16-14-25(33)21-27(31)35)32-17-15-26(34)22-28(32)36)38-29(23-10-6-4-7-11-23)18-19-30(38)24-12-8-5-9-13-24/h4-17,21-22,29-30H,2-3,18-20H2,1H3/t29-,30-/m1/s1. The van der Waals surface area contributed by atoms with Crippen LogP contribution in [0.25, 0.3) is 0 Å². The smallest absolute Gasteiger partial charge is 0.135 e. The average Bonchev–Trinajstić information content (AvgIpc) is 3.38. The van der Waals surface area contributed by atoms with E-state index >= 15 is 8.78 Å². The summed E-state index contributed by atoms with van der Waals surface area (Å²) in [5, 5.41) is 0.530. The van der Waals surface area contributed by atoms with Gasteiger partial charge in [0.1, 0.15) is 23.3 Å². The zero-order chi connectivity index (χ0) is 27.4. The van der Waals surface area contributed by atoms with Crippen molar-refractivity contribution < 1.29 is 17.6 Å². The summed E-state index contributed by atoms with van der Waals surface area (Å²) in [4.78, 5) is 0. The van der Waals surface area contributed by atoms with Crippen molar-refractivity contribution in [3.63, 3.8) is 0 Å². The molecule has 0 radical (unpaired) electrons. The van der Waals surface area contributed by atoms with Crippen molar-refractivity contribution in [2.45, 2.75) is 43.9 Å². The van der Waals surface area contributed by atoms with Crippen LogP contribution in [0, 0.1) is 23.3 Å². The minimum atomic E-state index is -1.76. The highest BCUT2D eigenvalue weighted by Crippen LogP contribution is 2.76. The van der Waals surface area contributed by atoms with Crippen molar-refractivity contribution in [1.82, 2.24) is 4.44 Å². The Balaban J connectivity index is 1.72. The van der Waals surface area contributed by atoms with E-state index in [1.807, 2.05) is 36.4 Å². The molecule has 1 heterocycles. The van der Waals surface area contributed by atoms with Gasteiger partial charge in [-0.05, 0) is 62.7 Å². The van der Waals surface area contributed by atoms with Crippen molar-refractivity contribution in [3.05, 3.63) is 131 Å². The van der Waals surface area contributed by atoms with Crippen LogP contribution in [0.5, 0.6) is 0 Å². The minimum Gasteiger partial charge on any atom is -0.251 e. The van der Waals surface area contributed by atoms with Crippen LogP contribution >= 0.6 is 16.1 Å². The van der Waals surface area contributed by atoms with Crippen LogP contribution in [0.2, 0.25) is 0 Å². The molecule has 0 amide bonds. The van der Waals surface area contributed by atoms with Crippen LogP contribution in [0.4, 0.5) is 17.6 Å². The van der Waals surface area contributed by atoms with Crippen molar-refractivity contribution in [3.8, 4) is 0 Å². The first-order valence-corrected chi connectivity index (χ1v) is 16.1. The molecule has 1 saturated heterocycles. The SMILES string of the molecule is CCCCN(P(c1ccc(F)cc1F)c1ccc(F)cc1F)P1[C@@H](c2ccccc2)CC[C@@H]1c1ccccc1. The number of hydrogen-bond acceptors (Lipinski definition) is 1. The monoisotopic (exact) mass is 567 g/mol. The van der Waals surface area contributed by atoms with E-state index in [2.05, 4.69) is 35.6 Å². The number of hydrogen-bond donors (Lipinski definition) is 0. The summed E-state index contributed by atoms with van der Waals surface area (Å²) in [6.07, 6.45) is 3.66. The summed E-state index contributed by atoms with van der Waals surface area (Å²) in [6, 6.07) is 27.8. The lowest BCUT2D eigenvalue weighted by atomic mass is 10.0. The van der Waals surface area contributed by atoms with Gasteiger partial charge >= 0.3 is 0 Å². The highest BCUT2D eigenvalue weighted by atomic mass is 31.2. The summed E-state index contributed by atoms with van der Waals surface area (Å²) < 4.78 is 61.6. The molecule has 0 unspecified atom stereocenters. The molecule has 4 aromatic rings. The lowest BCUT2D eigenvalue weighted by Crippen LogP contribution is -2.30. The zero-order valence-electron chi connectivity index (χ0n) is 21.8. The molecule has 202 valence electrons. The molecule has 2 atom stereocenters. The first kappa shape index (κ1) is 28.0. The Labute approximate surface area is 230 Å². The van der Waals surface area contributed by atoms with Crippen LogP contribution in [-0.4, -0.2) is 11.0 Å². The van der Waals surface area contributed by atoms with E-state index in [-0.39, 0.29) is 21.9 Å². The molecule has 0 saturated carbocycles. The van der Waals surface area contributed by atoms with E-state index in [9.17, 15) is 8.78 Å². The molecular formula is C32H31F4NP2. The molecule has 0 N–H and O–H groups in total. The molecule has 5 rings (SSSR count). The maximum absolute atomic E-state index is 15.6. The van der Waals surface area contributed by atoms with Crippen LogP contribution < -0.4 is 10.6 Å². The number of halogens is 4. The predicted octanol–water partition coefficient (Wildman–Crippen LogP) is 9.37. The number of unbranched alkanes of at least 4 members (excludes halogenated alkanes) is 1. The van der Waals surface area contributed by atoms with Gasteiger partial charge < -0.3 is 0 Å². The maximum Gasteiger partial charge on any atom is 0.135 e. The largest absolute Gasteiger partial charge is 0.251 e. The summed E-state index contributed by atoms with van der Waals surface area (Å²) in [5.74, 6) is -2.76. The van der Waals surface area contributed by atoms with E-state index < -0.39 is 39.4 Å². The second-order valence-corrected chi connectivity index (χ2v) is 14.6. The van der Waals surface area contributed by atoms with Crippen LogP contribution in [0.1, 0.15) is 55.1 Å². The molecular weight excluding hydrogens is 536 g/mol.